The molecule has 1 aromatic rings. The van der Waals surface area contributed by atoms with Gasteiger partial charge in [0.1, 0.15) is 0 Å². The van der Waals surface area contributed by atoms with E-state index in [1.807, 2.05) is 13.0 Å². The largest absolute Gasteiger partial charge is 0.361 e. The van der Waals surface area contributed by atoms with Gasteiger partial charge in [-0.25, -0.2) is 0 Å². The summed E-state index contributed by atoms with van der Waals surface area (Å²) in [6.07, 6.45) is 1.63. The van der Waals surface area contributed by atoms with Crippen molar-refractivity contribution in [3.63, 3.8) is 0 Å². The summed E-state index contributed by atoms with van der Waals surface area (Å²) in [7, 11) is 0. The topological polar surface area (TPSA) is 42.4 Å². The Morgan fingerprint density at radius 3 is 2.83 bits per heavy atom. The summed E-state index contributed by atoms with van der Waals surface area (Å²) in [4.78, 5) is 3.99. The van der Waals surface area contributed by atoms with Crippen LogP contribution >= 0.6 is 0 Å². The van der Waals surface area contributed by atoms with Crippen molar-refractivity contribution < 1.29 is 9.84 Å². The van der Waals surface area contributed by atoms with E-state index in [-0.39, 0.29) is 0 Å². The molecule has 0 saturated carbocycles. The van der Waals surface area contributed by atoms with E-state index in [9.17, 15) is 5.11 Å². The second kappa shape index (κ2) is 3.65. The van der Waals surface area contributed by atoms with Gasteiger partial charge in [-0.2, -0.15) is 0 Å². The van der Waals surface area contributed by atoms with Gasteiger partial charge in [0.15, 0.2) is 0 Å². The molecule has 1 rings (SSSR count). The van der Waals surface area contributed by atoms with Gasteiger partial charge < -0.3 is 9.84 Å². The molecule has 0 bridgehead atoms. The van der Waals surface area contributed by atoms with Gasteiger partial charge in [-0.1, -0.05) is 6.07 Å². The lowest BCUT2D eigenvalue weighted by atomic mass is 10.2. The molecular weight excluding hydrogens is 154 g/mol. The number of aromatic nitrogens is 1. The van der Waals surface area contributed by atoms with Crippen molar-refractivity contribution in [1.29, 1.82) is 0 Å². The first-order valence-electron chi connectivity index (χ1n) is 3.94. The van der Waals surface area contributed by atoms with E-state index in [2.05, 4.69) is 4.98 Å². The minimum absolute atomic E-state index is 0.462. The van der Waals surface area contributed by atoms with Crippen LogP contribution in [0.15, 0.2) is 24.4 Å². The highest BCUT2D eigenvalue weighted by Gasteiger charge is 2.23. The summed E-state index contributed by atoms with van der Waals surface area (Å²) in [5, 5.41) is 9.70. The highest BCUT2D eigenvalue weighted by molar-refractivity contribution is 5.08. The molecule has 0 radical (unpaired) electrons. The van der Waals surface area contributed by atoms with Crippen LogP contribution in [0.4, 0.5) is 0 Å². The number of rotatable bonds is 3. The van der Waals surface area contributed by atoms with Gasteiger partial charge in [-0.15, -0.1) is 0 Å². The molecule has 0 fully saturated rings. The highest BCUT2D eigenvalue weighted by Crippen LogP contribution is 2.18. The number of hydrogen-bond donors (Lipinski definition) is 1. The quantitative estimate of drug-likeness (QED) is 0.689. The Morgan fingerprint density at radius 2 is 2.33 bits per heavy atom. The molecule has 3 nitrogen and oxygen atoms in total. The van der Waals surface area contributed by atoms with Crippen molar-refractivity contribution in [2.45, 2.75) is 19.6 Å². The summed E-state index contributed by atoms with van der Waals surface area (Å²) in [5.74, 6) is -1.27. The van der Waals surface area contributed by atoms with Crippen LogP contribution in [-0.4, -0.2) is 16.7 Å². The summed E-state index contributed by atoms with van der Waals surface area (Å²) >= 11 is 0. The third-order valence-corrected chi connectivity index (χ3v) is 1.57. The third kappa shape index (κ3) is 2.03. The molecule has 0 aliphatic heterocycles. The number of aliphatic hydroxyl groups is 1. The molecule has 1 aromatic heterocycles. The van der Waals surface area contributed by atoms with Crippen LogP contribution in [0.5, 0.6) is 0 Å². The number of ether oxygens (including phenoxy) is 1. The Kier molecular flexibility index (Phi) is 2.78. The lowest BCUT2D eigenvalue weighted by Gasteiger charge is -2.21. The molecule has 0 aliphatic rings. The van der Waals surface area contributed by atoms with E-state index in [0.717, 1.165) is 0 Å². The Balaban J connectivity index is 2.82. The van der Waals surface area contributed by atoms with Gasteiger partial charge in [-0.05, 0) is 26.0 Å². The fraction of sp³-hybridized carbons (Fsp3) is 0.444. The Morgan fingerprint density at radius 1 is 1.58 bits per heavy atom. The predicted molar refractivity (Wildman–Crippen MR) is 45.4 cm³/mol. The molecule has 0 amide bonds. The second-order valence-electron chi connectivity index (χ2n) is 2.63. The van der Waals surface area contributed by atoms with Crippen LogP contribution in [0, 0.1) is 0 Å². The van der Waals surface area contributed by atoms with E-state index in [0.29, 0.717) is 12.3 Å². The van der Waals surface area contributed by atoms with Crippen molar-refractivity contribution in [3.05, 3.63) is 30.1 Å². The van der Waals surface area contributed by atoms with Crippen LogP contribution in [0.3, 0.4) is 0 Å². The van der Waals surface area contributed by atoms with Crippen LogP contribution < -0.4 is 0 Å². The number of pyridine rings is 1. The SMILES string of the molecule is CCO[C@@](C)(O)c1ccccn1. The molecule has 66 valence electrons. The fourth-order valence-corrected chi connectivity index (χ4v) is 0.992. The molecule has 0 spiro atoms. The van der Waals surface area contributed by atoms with E-state index in [1.54, 1.807) is 25.3 Å². The summed E-state index contributed by atoms with van der Waals surface area (Å²) in [5.41, 5.74) is 0.534. The molecule has 1 N–H and O–H groups in total. The van der Waals surface area contributed by atoms with E-state index >= 15 is 0 Å². The maximum atomic E-state index is 9.70. The zero-order valence-corrected chi connectivity index (χ0v) is 7.32. The smallest absolute Gasteiger partial charge is 0.206 e. The van der Waals surface area contributed by atoms with Crippen molar-refractivity contribution in [2.24, 2.45) is 0 Å². The fourth-order valence-electron chi connectivity index (χ4n) is 0.992. The van der Waals surface area contributed by atoms with Crippen LogP contribution in [0.2, 0.25) is 0 Å². The van der Waals surface area contributed by atoms with Crippen molar-refractivity contribution in [2.75, 3.05) is 6.61 Å². The zero-order chi connectivity index (χ0) is 9.03. The van der Waals surface area contributed by atoms with Crippen molar-refractivity contribution >= 4 is 0 Å². The zero-order valence-electron chi connectivity index (χ0n) is 7.32. The molecular formula is C9H13NO2. The van der Waals surface area contributed by atoms with Crippen LogP contribution in [0.25, 0.3) is 0 Å². The highest BCUT2D eigenvalue weighted by atomic mass is 16.6. The van der Waals surface area contributed by atoms with Gasteiger partial charge in [-0.3, -0.25) is 4.98 Å². The monoisotopic (exact) mass is 167 g/mol. The molecule has 3 heteroatoms. The van der Waals surface area contributed by atoms with Crippen molar-refractivity contribution in [1.82, 2.24) is 4.98 Å². The van der Waals surface area contributed by atoms with E-state index in [1.165, 1.54) is 0 Å². The minimum Gasteiger partial charge on any atom is -0.361 e. The molecule has 0 aromatic carbocycles. The second-order valence-corrected chi connectivity index (χ2v) is 2.63. The molecule has 1 atom stereocenters. The number of nitrogens with zero attached hydrogens (tertiary/aromatic N) is 1. The molecule has 0 unspecified atom stereocenters. The Hall–Kier alpha value is -0.930. The first-order valence-corrected chi connectivity index (χ1v) is 3.94. The molecule has 1 heterocycles. The minimum atomic E-state index is -1.27. The van der Waals surface area contributed by atoms with E-state index in [4.69, 9.17) is 4.74 Å². The lowest BCUT2D eigenvalue weighted by Crippen LogP contribution is -2.26. The molecule has 0 aliphatic carbocycles. The standard InChI is InChI=1S/C9H13NO2/c1-3-12-9(2,11)8-6-4-5-7-10-8/h4-7,11H,3H2,1-2H3/t9-/m1/s1. The van der Waals surface area contributed by atoms with Crippen LogP contribution in [0.1, 0.15) is 19.5 Å². The maximum Gasteiger partial charge on any atom is 0.206 e. The average Bonchev–Trinajstić information content (AvgIpc) is 2.06. The van der Waals surface area contributed by atoms with Gasteiger partial charge in [0.05, 0.1) is 5.69 Å². The first kappa shape index (κ1) is 9.16. The first-order chi connectivity index (χ1) is 5.67. The summed E-state index contributed by atoms with van der Waals surface area (Å²) in [6, 6.07) is 5.34. The molecule has 0 saturated heterocycles. The van der Waals surface area contributed by atoms with Crippen molar-refractivity contribution in [3.8, 4) is 0 Å². The predicted octanol–water partition coefficient (Wildman–Crippen LogP) is 1.28. The normalized spacial score (nSPS) is 15.6. The lowest BCUT2D eigenvalue weighted by molar-refractivity contribution is -0.198. The van der Waals surface area contributed by atoms with E-state index < -0.39 is 5.79 Å². The summed E-state index contributed by atoms with van der Waals surface area (Å²) in [6.45, 7) is 3.87. The van der Waals surface area contributed by atoms with Gasteiger partial charge in [0.2, 0.25) is 5.79 Å². The summed E-state index contributed by atoms with van der Waals surface area (Å²) < 4.78 is 5.11. The number of hydrogen-bond acceptors (Lipinski definition) is 3. The van der Waals surface area contributed by atoms with Crippen LogP contribution in [-0.2, 0) is 10.5 Å². The molecule has 12 heavy (non-hydrogen) atoms. The average molecular weight is 167 g/mol. The van der Waals surface area contributed by atoms with Gasteiger partial charge >= 0.3 is 0 Å². The van der Waals surface area contributed by atoms with Gasteiger partial charge in [0, 0.05) is 12.8 Å². The van der Waals surface area contributed by atoms with Gasteiger partial charge in [0.25, 0.3) is 0 Å². The maximum absolute atomic E-state index is 9.70. The third-order valence-electron chi connectivity index (χ3n) is 1.57. The Bertz CT molecular complexity index is 234. The Labute approximate surface area is 72.0 Å².